The SMILES string of the molecule is Cc1ccc(C2CC(C(F)F)n3ncc(C(=O)Nc4ccc5oc(=O)cc(C(F)(F)F)c5c4)c3N2)cc1. The predicted molar refractivity (Wildman–Crippen MR) is 125 cm³/mol. The molecular weight excluding hydrogens is 499 g/mol. The van der Waals surface area contributed by atoms with Gasteiger partial charge in [-0.05, 0) is 37.1 Å². The van der Waals surface area contributed by atoms with Crippen LogP contribution in [0, 0.1) is 6.92 Å². The van der Waals surface area contributed by atoms with Crippen LogP contribution in [0.2, 0.25) is 0 Å². The standard InChI is InChI=1S/C25H19F5N4O3/c1-12-2-4-13(5-3-12)18-10-19(22(26)27)34-23(33-18)16(11-31-34)24(36)32-14-6-7-20-15(8-14)17(25(28,29)30)9-21(35)37-20/h2-9,11,18-19,22,33H,10H2,1H3,(H,32,36). The summed E-state index contributed by atoms with van der Waals surface area (Å²) < 4.78 is 74.1. The van der Waals surface area contributed by atoms with Gasteiger partial charge in [-0.15, -0.1) is 0 Å². The first-order valence-electron chi connectivity index (χ1n) is 11.2. The number of halogens is 5. The summed E-state index contributed by atoms with van der Waals surface area (Å²) in [5.74, 6) is -0.695. The lowest BCUT2D eigenvalue weighted by Crippen LogP contribution is -2.31. The van der Waals surface area contributed by atoms with Gasteiger partial charge in [-0.1, -0.05) is 29.8 Å². The van der Waals surface area contributed by atoms with Crippen molar-refractivity contribution in [2.45, 2.75) is 38.0 Å². The molecule has 2 aromatic heterocycles. The molecule has 2 unspecified atom stereocenters. The molecule has 0 bridgehead atoms. The Bertz CT molecular complexity index is 1540. The van der Waals surface area contributed by atoms with E-state index in [1.807, 2.05) is 31.2 Å². The second-order valence-electron chi connectivity index (χ2n) is 8.74. The van der Waals surface area contributed by atoms with Gasteiger partial charge in [0.25, 0.3) is 12.3 Å². The summed E-state index contributed by atoms with van der Waals surface area (Å²) >= 11 is 0. The van der Waals surface area contributed by atoms with E-state index in [0.29, 0.717) is 6.07 Å². The molecule has 0 saturated heterocycles. The van der Waals surface area contributed by atoms with Crippen LogP contribution in [-0.2, 0) is 6.18 Å². The molecule has 0 radical (unpaired) electrons. The lowest BCUT2D eigenvalue weighted by molar-refractivity contribution is -0.136. The largest absolute Gasteiger partial charge is 0.423 e. The average molecular weight is 518 g/mol. The van der Waals surface area contributed by atoms with Gasteiger partial charge in [-0.2, -0.15) is 18.3 Å². The molecule has 0 aliphatic carbocycles. The molecule has 7 nitrogen and oxygen atoms in total. The van der Waals surface area contributed by atoms with Crippen LogP contribution in [0.15, 0.2) is 63.9 Å². The van der Waals surface area contributed by atoms with Crippen LogP contribution in [0.3, 0.4) is 0 Å². The van der Waals surface area contributed by atoms with Gasteiger partial charge in [-0.25, -0.2) is 18.3 Å². The van der Waals surface area contributed by atoms with E-state index < -0.39 is 47.2 Å². The van der Waals surface area contributed by atoms with E-state index in [4.69, 9.17) is 4.42 Å². The van der Waals surface area contributed by atoms with E-state index in [9.17, 15) is 31.5 Å². The zero-order chi connectivity index (χ0) is 26.5. The number of aryl methyl sites for hydroxylation is 1. The van der Waals surface area contributed by atoms with Gasteiger partial charge in [0, 0.05) is 17.1 Å². The maximum absolute atomic E-state index is 13.9. The Morgan fingerprint density at radius 2 is 1.89 bits per heavy atom. The van der Waals surface area contributed by atoms with Gasteiger partial charge in [0.15, 0.2) is 0 Å². The minimum absolute atomic E-state index is 0.0203. The first-order chi connectivity index (χ1) is 17.5. The van der Waals surface area contributed by atoms with Crippen molar-refractivity contribution in [1.29, 1.82) is 0 Å². The number of fused-ring (bicyclic) bond motifs is 2. The lowest BCUT2D eigenvalue weighted by atomic mass is 9.96. The summed E-state index contributed by atoms with van der Waals surface area (Å²) in [4.78, 5) is 24.6. The fraction of sp³-hybridized carbons (Fsp3) is 0.240. The third-order valence-electron chi connectivity index (χ3n) is 6.22. The Labute approximate surface area is 205 Å². The van der Waals surface area contributed by atoms with Crippen molar-refractivity contribution in [3.8, 4) is 0 Å². The summed E-state index contributed by atoms with van der Waals surface area (Å²) in [6.07, 6.45) is -6.42. The normalized spacial score (nSPS) is 17.5. The Balaban J connectivity index is 1.48. The molecule has 2 aromatic carbocycles. The van der Waals surface area contributed by atoms with Gasteiger partial charge in [0.2, 0.25) is 0 Å². The van der Waals surface area contributed by atoms with Crippen molar-refractivity contribution < 1.29 is 31.2 Å². The number of hydrogen-bond donors (Lipinski definition) is 2. The van der Waals surface area contributed by atoms with E-state index in [1.54, 1.807) is 0 Å². The fourth-order valence-electron chi connectivity index (χ4n) is 4.39. The summed E-state index contributed by atoms with van der Waals surface area (Å²) in [5, 5.41) is 9.15. The number of nitrogens with zero attached hydrogens (tertiary/aromatic N) is 2. The zero-order valence-corrected chi connectivity index (χ0v) is 19.1. The molecule has 1 amide bonds. The molecule has 0 saturated carbocycles. The molecule has 4 aromatic rings. The fourth-order valence-corrected chi connectivity index (χ4v) is 4.39. The third kappa shape index (κ3) is 4.66. The van der Waals surface area contributed by atoms with Crippen molar-refractivity contribution in [2.24, 2.45) is 0 Å². The van der Waals surface area contributed by atoms with Crippen molar-refractivity contribution in [1.82, 2.24) is 9.78 Å². The molecule has 192 valence electrons. The number of hydrogen-bond acceptors (Lipinski definition) is 5. The Morgan fingerprint density at radius 1 is 1.16 bits per heavy atom. The Hall–Kier alpha value is -4.22. The molecule has 3 heterocycles. The Kier molecular flexibility index (Phi) is 5.97. The minimum Gasteiger partial charge on any atom is -0.423 e. The quantitative estimate of drug-likeness (QED) is 0.258. The highest BCUT2D eigenvalue weighted by atomic mass is 19.4. The molecule has 37 heavy (non-hydrogen) atoms. The molecule has 5 rings (SSSR count). The number of carbonyl (C=O) groups is 1. The van der Waals surface area contributed by atoms with Gasteiger partial charge in [-0.3, -0.25) is 4.79 Å². The van der Waals surface area contributed by atoms with E-state index in [2.05, 4.69) is 15.7 Å². The molecule has 1 aliphatic rings. The number of alkyl halides is 5. The van der Waals surface area contributed by atoms with Crippen LogP contribution < -0.4 is 16.3 Å². The van der Waals surface area contributed by atoms with E-state index in [0.717, 1.165) is 34.1 Å². The van der Waals surface area contributed by atoms with E-state index in [-0.39, 0.29) is 29.1 Å². The smallest absolute Gasteiger partial charge is 0.417 e. The van der Waals surface area contributed by atoms with E-state index in [1.165, 1.54) is 6.07 Å². The Morgan fingerprint density at radius 3 is 2.57 bits per heavy atom. The maximum atomic E-state index is 13.9. The van der Waals surface area contributed by atoms with Crippen LogP contribution in [0.25, 0.3) is 11.0 Å². The maximum Gasteiger partial charge on any atom is 0.417 e. The lowest BCUT2D eigenvalue weighted by Gasteiger charge is -2.32. The topological polar surface area (TPSA) is 89.2 Å². The highest BCUT2D eigenvalue weighted by Gasteiger charge is 2.37. The second kappa shape index (κ2) is 9.02. The number of anilines is 2. The van der Waals surface area contributed by atoms with Gasteiger partial charge < -0.3 is 15.1 Å². The van der Waals surface area contributed by atoms with Crippen LogP contribution in [-0.4, -0.2) is 22.1 Å². The molecule has 12 heteroatoms. The highest BCUT2D eigenvalue weighted by molar-refractivity contribution is 6.08. The molecule has 0 spiro atoms. The van der Waals surface area contributed by atoms with Gasteiger partial charge in [0.05, 0.1) is 17.8 Å². The molecule has 1 aliphatic heterocycles. The number of nitrogens with one attached hydrogen (secondary N) is 2. The predicted octanol–water partition coefficient (Wildman–Crippen LogP) is 5.93. The number of aromatic nitrogens is 2. The van der Waals surface area contributed by atoms with Crippen LogP contribution in [0.4, 0.5) is 33.5 Å². The van der Waals surface area contributed by atoms with Gasteiger partial charge in [0.1, 0.15) is 23.0 Å². The number of rotatable bonds is 4. The summed E-state index contributed by atoms with van der Waals surface area (Å²) in [7, 11) is 0. The van der Waals surface area contributed by atoms with Crippen LogP contribution in [0.5, 0.6) is 0 Å². The van der Waals surface area contributed by atoms with Crippen molar-refractivity contribution >= 4 is 28.4 Å². The van der Waals surface area contributed by atoms with Crippen LogP contribution >= 0.6 is 0 Å². The summed E-state index contributed by atoms with van der Waals surface area (Å²) in [6.45, 7) is 1.90. The first kappa shape index (κ1) is 24.5. The monoisotopic (exact) mass is 518 g/mol. The van der Waals surface area contributed by atoms with Crippen molar-refractivity contribution in [3.05, 3.63) is 87.4 Å². The van der Waals surface area contributed by atoms with Crippen molar-refractivity contribution in [2.75, 3.05) is 10.6 Å². The van der Waals surface area contributed by atoms with Crippen molar-refractivity contribution in [3.63, 3.8) is 0 Å². The number of carbonyl (C=O) groups excluding carboxylic acids is 1. The number of amides is 1. The highest BCUT2D eigenvalue weighted by Crippen LogP contribution is 2.40. The molecular formula is C25H19F5N4O3. The van der Waals surface area contributed by atoms with E-state index >= 15 is 0 Å². The third-order valence-corrected chi connectivity index (χ3v) is 6.22. The average Bonchev–Trinajstić information content (AvgIpc) is 3.27. The van der Waals surface area contributed by atoms with Gasteiger partial charge >= 0.3 is 11.8 Å². The zero-order valence-electron chi connectivity index (χ0n) is 19.1. The van der Waals surface area contributed by atoms with Crippen LogP contribution in [0.1, 0.15) is 45.6 Å². The molecule has 2 atom stereocenters. The second-order valence-corrected chi connectivity index (χ2v) is 8.74. The summed E-state index contributed by atoms with van der Waals surface area (Å²) in [5.41, 5.74) is -0.996. The minimum atomic E-state index is -4.83. The summed E-state index contributed by atoms with van der Waals surface area (Å²) in [6, 6.07) is 9.28. The molecule has 0 fully saturated rings. The number of benzene rings is 2. The molecule has 2 N–H and O–H groups in total. The first-order valence-corrected chi connectivity index (χ1v) is 11.2.